The van der Waals surface area contributed by atoms with E-state index in [0.29, 0.717) is 15.6 Å². The average molecular weight is 218 g/mol. The number of carbonyl (C=O) groups excluding carboxylic acids is 1. The minimum absolute atomic E-state index is 0.293. The summed E-state index contributed by atoms with van der Waals surface area (Å²) in [5.41, 5.74) is 0. The van der Waals surface area contributed by atoms with Crippen molar-refractivity contribution in [1.29, 1.82) is 0 Å². The molecule has 1 rings (SSSR count). The molecule has 0 unspecified atom stereocenters. The maximum Gasteiger partial charge on any atom is 0.369 e. The van der Waals surface area contributed by atoms with Crippen molar-refractivity contribution in [2.24, 2.45) is 0 Å². The normalized spacial score (nSPS) is 9.92. The molecule has 4 nitrogen and oxygen atoms in total. The zero-order valence-electron chi connectivity index (χ0n) is 7.20. The predicted octanol–water partition coefficient (Wildman–Crippen LogP) is 2.16. The van der Waals surface area contributed by atoms with Crippen molar-refractivity contribution in [2.45, 2.75) is 19.8 Å². The minimum atomic E-state index is -0.397. The Labute approximate surface area is 84.9 Å². The number of aromatic nitrogens is 2. The van der Waals surface area contributed by atoms with Gasteiger partial charge in [-0.05, 0) is 18.6 Å². The molecule has 0 radical (unpaired) electrons. The monoisotopic (exact) mass is 218 g/mol. The van der Waals surface area contributed by atoms with Gasteiger partial charge in [0.15, 0.2) is 3.95 Å². The van der Waals surface area contributed by atoms with E-state index in [1.807, 2.05) is 6.92 Å². The van der Waals surface area contributed by atoms with E-state index in [2.05, 4.69) is 10.2 Å². The number of rotatable bonds is 4. The second kappa shape index (κ2) is 5.08. The topological polar surface area (TPSA) is 55.0 Å². The van der Waals surface area contributed by atoms with E-state index < -0.39 is 5.97 Å². The molecule has 0 aromatic carbocycles. The lowest BCUT2D eigenvalue weighted by Crippen LogP contribution is -2.05. The molecule has 6 heteroatoms. The number of unbranched alkanes of at least 4 members (excludes halogenated alkanes) is 1. The summed E-state index contributed by atoms with van der Waals surface area (Å²) in [7, 11) is 0. The summed E-state index contributed by atoms with van der Waals surface area (Å²) in [6, 6.07) is 0. The summed E-state index contributed by atoms with van der Waals surface area (Å²) in [5, 5.41) is 6.52. The first-order chi connectivity index (χ1) is 6.24. The molecule has 0 spiro atoms. The number of esters is 1. The summed E-state index contributed by atoms with van der Waals surface area (Å²) >= 11 is 5.91. The van der Waals surface area contributed by atoms with Gasteiger partial charge in [0.05, 0.1) is 6.61 Å². The van der Waals surface area contributed by atoms with Gasteiger partial charge in [-0.1, -0.05) is 24.7 Å². The fraction of sp³-hybridized carbons (Fsp3) is 0.571. The van der Waals surface area contributed by atoms with Crippen LogP contribution in [-0.4, -0.2) is 22.8 Å². The van der Waals surface area contributed by atoms with Gasteiger partial charge in [0.1, 0.15) is 0 Å². The Morgan fingerprint density at radius 1 is 1.77 bits per heavy atom. The van der Waals surface area contributed by atoms with E-state index in [1.165, 1.54) is 0 Å². The molecule has 1 aromatic rings. The molecular formula is C7H10N2O2S2. The Morgan fingerprint density at radius 3 is 3.08 bits per heavy atom. The second-order valence-electron chi connectivity index (χ2n) is 2.41. The third-order valence-corrected chi connectivity index (χ3v) is 2.41. The molecule has 1 N–H and O–H groups in total. The van der Waals surface area contributed by atoms with Gasteiger partial charge in [-0.2, -0.15) is 5.10 Å². The first-order valence-electron chi connectivity index (χ1n) is 3.96. The van der Waals surface area contributed by atoms with Crippen molar-refractivity contribution in [1.82, 2.24) is 10.2 Å². The molecule has 0 atom stereocenters. The fourth-order valence-corrected chi connectivity index (χ4v) is 1.47. The number of ether oxygens (including phenoxy) is 1. The maximum atomic E-state index is 11.2. The molecule has 1 heterocycles. The first-order valence-corrected chi connectivity index (χ1v) is 5.19. The van der Waals surface area contributed by atoms with Gasteiger partial charge in [0.2, 0.25) is 5.01 Å². The van der Waals surface area contributed by atoms with Crippen molar-refractivity contribution >= 4 is 29.5 Å². The first kappa shape index (κ1) is 10.3. The van der Waals surface area contributed by atoms with Crippen LogP contribution in [0.15, 0.2) is 0 Å². The van der Waals surface area contributed by atoms with Crippen LogP contribution < -0.4 is 0 Å². The predicted molar refractivity (Wildman–Crippen MR) is 52.5 cm³/mol. The van der Waals surface area contributed by atoms with E-state index in [1.54, 1.807) is 0 Å². The highest BCUT2D eigenvalue weighted by Gasteiger charge is 2.10. The van der Waals surface area contributed by atoms with Crippen molar-refractivity contribution in [2.75, 3.05) is 6.61 Å². The molecule has 0 saturated heterocycles. The van der Waals surface area contributed by atoms with Crippen LogP contribution in [0.5, 0.6) is 0 Å². The van der Waals surface area contributed by atoms with Crippen LogP contribution >= 0.6 is 23.6 Å². The third kappa shape index (κ3) is 3.23. The van der Waals surface area contributed by atoms with Crippen molar-refractivity contribution in [3.63, 3.8) is 0 Å². The van der Waals surface area contributed by atoms with Gasteiger partial charge in [-0.25, -0.2) is 4.79 Å². The van der Waals surface area contributed by atoms with Crippen molar-refractivity contribution in [3.05, 3.63) is 8.96 Å². The lowest BCUT2D eigenvalue weighted by molar-refractivity contribution is 0.0498. The fourth-order valence-electron chi connectivity index (χ4n) is 0.688. The van der Waals surface area contributed by atoms with Gasteiger partial charge < -0.3 is 4.74 Å². The summed E-state index contributed by atoms with van der Waals surface area (Å²) in [4.78, 5) is 11.2. The van der Waals surface area contributed by atoms with E-state index in [4.69, 9.17) is 17.0 Å². The van der Waals surface area contributed by atoms with Gasteiger partial charge >= 0.3 is 5.97 Å². The van der Waals surface area contributed by atoms with Crippen LogP contribution in [0.3, 0.4) is 0 Å². The zero-order valence-corrected chi connectivity index (χ0v) is 8.83. The highest BCUT2D eigenvalue weighted by Crippen LogP contribution is 2.06. The maximum absolute atomic E-state index is 11.2. The number of carbonyl (C=O) groups is 1. The third-order valence-electron chi connectivity index (χ3n) is 1.34. The molecule has 0 aliphatic rings. The van der Waals surface area contributed by atoms with Crippen LogP contribution in [0, 0.1) is 3.95 Å². The smallest absolute Gasteiger partial charge is 0.369 e. The average Bonchev–Trinajstić information content (AvgIpc) is 2.52. The molecule has 13 heavy (non-hydrogen) atoms. The summed E-state index contributed by atoms with van der Waals surface area (Å²) < 4.78 is 5.41. The number of hydrogen-bond donors (Lipinski definition) is 1. The van der Waals surface area contributed by atoms with Crippen LogP contribution in [0.1, 0.15) is 29.6 Å². The molecule has 0 aliphatic carbocycles. The number of H-pyrrole nitrogens is 1. The van der Waals surface area contributed by atoms with E-state index in [9.17, 15) is 4.79 Å². The minimum Gasteiger partial charge on any atom is -0.460 e. The standard InChI is InChI=1S/C7H10N2O2S2/c1-2-3-4-11-6(10)5-8-9-7(12)13-5/h2-4H2,1H3,(H,9,12). The van der Waals surface area contributed by atoms with E-state index >= 15 is 0 Å². The van der Waals surface area contributed by atoms with Crippen LogP contribution in [0.25, 0.3) is 0 Å². The molecule has 0 saturated carbocycles. The quantitative estimate of drug-likeness (QED) is 0.478. The Bertz CT molecular complexity index is 331. The lowest BCUT2D eigenvalue weighted by atomic mass is 10.4. The molecule has 0 fully saturated rings. The Balaban J connectivity index is 2.44. The van der Waals surface area contributed by atoms with Crippen LogP contribution in [-0.2, 0) is 4.74 Å². The molecule has 0 amide bonds. The van der Waals surface area contributed by atoms with Crippen molar-refractivity contribution < 1.29 is 9.53 Å². The second-order valence-corrected chi connectivity index (χ2v) is 4.07. The van der Waals surface area contributed by atoms with Crippen LogP contribution in [0.4, 0.5) is 0 Å². The highest BCUT2D eigenvalue weighted by molar-refractivity contribution is 7.73. The van der Waals surface area contributed by atoms with Gasteiger partial charge in [0.25, 0.3) is 0 Å². The van der Waals surface area contributed by atoms with Crippen molar-refractivity contribution in [3.8, 4) is 0 Å². The van der Waals surface area contributed by atoms with Gasteiger partial charge in [-0.3, -0.25) is 5.10 Å². The zero-order chi connectivity index (χ0) is 9.68. The largest absolute Gasteiger partial charge is 0.460 e. The molecule has 0 aliphatic heterocycles. The van der Waals surface area contributed by atoms with E-state index in [0.717, 1.165) is 24.2 Å². The molecular weight excluding hydrogens is 208 g/mol. The van der Waals surface area contributed by atoms with Gasteiger partial charge in [-0.15, -0.1) is 0 Å². The Kier molecular flexibility index (Phi) is 4.04. The number of nitrogens with zero attached hydrogens (tertiary/aromatic N) is 1. The lowest BCUT2D eigenvalue weighted by Gasteiger charge is -1.98. The number of hydrogen-bond acceptors (Lipinski definition) is 5. The Hall–Kier alpha value is -0.750. The SMILES string of the molecule is CCCCOC(=O)c1n[nH]c(=S)s1. The molecule has 1 aromatic heterocycles. The number of nitrogens with one attached hydrogen (secondary N) is 1. The molecule has 0 bridgehead atoms. The highest BCUT2D eigenvalue weighted by atomic mass is 32.1. The van der Waals surface area contributed by atoms with Gasteiger partial charge in [0, 0.05) is 0 Å². The Morgan fingerprint density at radius 2 is 2.54 bits per heavy atom. The molecule has 72 valence electrons. The summed E-state index contributed by atoms with van der Waals surface area (Å²) in [6.45, 7) is 2.48. The summed E-state index contributed by atoms with van der Waals surface area (Å²) in [5.74, 6) is -0.397. The number of aromatic amines is 1. The van der Waals surface area contributed by atoms with Crippen LogP contribution in [0.2, 0.25) is 0 Å². The summed E-state index contributed by atoms with van der Waals surface area (Å²) in [6.07, 6.45) is 1.88. The van der Waals surface area contributed by atoms with E-state index in [-0.39, 0.29) is 0 Å².